The third kappa shape index (κ3) is 6.82. The van der Waals surface area contributed by atoms with Gasteiger partial charge in [-0.3, -0.25) is 4.79 Å². The quantitative estimate of drug-likeness (QED) is 0.649. The van der Waals surface area contributed by atoms with E-state index in [0.29, 0.717) is 6.42 Å². The van der Waals surface area contributed by atoms with Crippen molar-refractivity contribution < 1.29 is 9.90 Å². The van der Waals surface area contributed by atoms with Gasteiger partial charge in [-0.2, -0.15) is 11.8 Å². The van der Waals surface area contributed by atoms with Gasteiger partial charge in [0.25, 0.3) is 0 Å². The van der Waals surface area contributed by atoms with Gasteiger partial charge in [-0.1, -0.05) is 0 Å². The van der Waals surface area contributed by atoms with Gasteiger partial charge in [0.2, 0.25) is 0 Å². The minimum absolute atomic E-state index is 0. The van der Waals surface area contributed by atoms with Crippen molar-refractivity contribution in [2.24, 2.45) is 5.73 Å². The number of carboxylic acid groups (broad SMARTS) is 1. The molecule has 0 heterocycles. The van der Waals surface area contributed by atoms with Gasteiger partial charge in [0.05, 0.1) is 0 Å². The topological polar surface area (TPSA) is 63.3 Å². The van der Waals surface area contributed by atoms with Crippen LogP contribution in [0.5, 0.6) is 0 Å². The Morgan fingerprint density at radius 3 is 2.60 bits per heavy atom. The Kier molecular flexibility index (Phi) is 10.4. The predicted octanol–water partition coefficient (Wildman–Crippen LogP) is -0.765. The molecule has 0 saturated heterocycles. The molecule has 3 N–H and O–H groups in total. The van der Waals surface area contributed by atoms with Crippen molar-refractivity contribution in [2.45, 2.75) is 12.5 Å². The summed E-state index contributed by atoms with van der Waals surface area (Å²) in [7, 11) is 0. The van der Waals surface area contributed by atoms with E-state index < -0.39 is 12.0 Å². The number of thioether (sulfide) groups is 1. The minimum atomic E-state index is -0.913. The van der Waals surface area contributed by atoms with E-state index in [9.17, 15) is 4.79 Å². The van der Waals surface area contributed by atoms with Crippen LogP contribution in [0.25, 0.3) is 0 Å². The molecule has 1 atom stereocenters. The molecule has 5 heteroatoms. The van der Waals surface area contributed by atoms with Crippen molar-refractivity contribution >= 4 is 45.0 Å². The van der Waals surface area contributed by atoms with Crippen molar-refractivity contribution in [3.05, 3.63) is 0 Å². The summed E-state index contributed by atoms with van der Waals surface area (Å²) in [5, 5.41) is 8.27. The Balaban J connectivity index is 0. The molecule has 0 rings (SSSR count). The van der Waals surface area contributed by atoms with Crippen LogP contribution in [-0.4, -0.2) is 56.4 Å². The summed E-state index contributed by atoms with van der Waals surface area (Å²) in [5.74, 6) is -0.1000. The van der Waals surface area contributed by atoms with E-state index in [0.717, 1.165) is 5.75 Å². The fourth-order valence-corrected chi connectivity index (χ4v) is 0.858. The van der Waals surface area contributed by atoms with E-state index >= 15 is 0 Å². The average molecular weight is 358 g/mol. The van der Waals surface area contributed by atoms with Crippen LogP contribution in [0.2, 0.25) is 0 Å². The molecule has 0 spiro atoms. The molecule has 0 aliphatic carbocycles. The molecule has 0 amide bonds. The maximum atomic E-state index is 10.1. The monoisotopic (exact) mass is 359 g/mol. The van der Waals surface area contributed by atoms with Gasteiger partial charge in [0.1, 0.15) is 6.04 Å². The zero-order valence-corrected chi connectivity index (χ0v) is 12.4. The molecular weight excluding hydrogens is 345 g/mol. The fraction of sp³-hybridized carbons (Fsp3) is 0.800. The van der Waals surface area contributed by atoms with Crippen LogP contribution in [0.4, 0.5) is 0 Å². The van der Waals surface area contributed by atoms with Gasteiger partial charge in [0.15, 0.2) is 0 Å². The van der Waals surface area contributed by atoms with Crippen LogP contribution in [0.15, 0.2) is 0 Å². The molecule has 0 aliphatic heterocycles. The third-order valence-electron chi connectivity index (χ3n) is 0.950. The molecule has 0 aromatic heterocycles. The van der Waals surface area contributed by atoms with Crippen molar-refractivity contribution in [1.29, 1.82) is 0 Å². The van der Waals surface area contributed by atoms with E-state index in [1.165, 1.54) is 0 Å². The molecule has 3 nitrogen and oxygen atoms in total. The first-order valence-electron chi connectivity index (χ1n) is 2.65. The van der Waals surface area contributed by atoms with Crippen molar-refractivity contribution in [3.8, 4) is 0 Å². The molecule has 0 unspecified atom stereocenters. The number of aliphatic carboxylic acids is 1. The predicted molar refractivity (Wildman–Crippen MR) is 47.2 cm³/mol. The van der Waals surface area contributed by atoms with Crippen molar-refractivity contribution in [1.82, 2.24) is 0 Å². The summed E-state index contributed by atoms with van der Waals surface area (Å²) in [6, 6.07) is -0.683. The summed E-state index contributed by atoms with van der Waals surface area (Å²) >= 11 is 1.60. The van der Waals surface area contributed by atoms with Gasteiger partial charge >= 0.3 is 33.3 Å². The number of rotatable bonds is 4. The zero-order valence-electron chi connectivity index (χ0n) is 6.04. The molecule has 0 aromatic rings. The molecule has 0 aromatic carbocycles. The number of nitrogens with two attached hydrogens (primary N) is 1. The van der Waals surface area contributed by atoms with E-state index in [1.54, 1.807) is 11.8 Å². The first-order chi connectivity index (χ1) is 4.18. The molecule has 60 valence electrons. The number of carbonyl (C=O) groups is 1. The van der Waals surface area contributed by atoms with E-state index in [2.05, 4.69) is 0 Å². The van der Waals surface area contributed by atoms with Crippen LogP contribution in [-0.2, 0) is 4.79 Å². The fourth-order valence-electron chi connectivity index (χ4n) is 0.368. The van der Waals surface area contributed by atoms with Gasteiger partial charge in [-0.15, -0.1) is 0 Å². The van der Waals surface area contributed by atoms with Gasteiger partial charge in [0, 0.05) is 0 Å². The second-order valence-corrected chi connectivity index (χ2v) is 2.71. The van der Waals surface area contributed by atoms with E-state index in [1.807, 2.05) is 6.26 Å². The summed E-state index contributed by atoms with van der Waals surface area (Å²) in [6.07, 6.45) is 2.48. The molecule has 2 radical (unpaired) electrons. The van der Waals surface area contributed by atoms with Crippen molar-refractivity contribution in [2.75, 3.05) is 12.0 Å². The Morgan fingerprint density at radius 2 is 2.30 bits per heavy atom. The SMILES string of the molecule is CSCC[C@H](N)C(=O)O.[PbH2]. The Labute approximate surface area is 84.9 Å². The van der Waals surface area contributed by atoms with Crippen LogP contribution in [0.1, 0.15) is 6.42 Å². The summed E-state index contributed by atoms with van der Waals surface area (Å²) < 4.78 is 0. The Bertz CT molecular complexity index is 102. The Morgan fingerprint density at radius 1 is 1.80 bits per heavy atom. The van der Waals surface area contributed by atoms with Crippen LogP contribution < -0.4 is 5.73 Å². The second-order valence-electron chi connectivity index (χ2n) is 1.73. The first kappa shape index (κ1) is 13.3. The van der Waals surface area contributed by atoms with Crippen molar-refractivity contribution in [3.63, 3.8) is 0 Å². The standard InChI is InChI=1S/C5H11NO2S.Pb.2H/c1-9-3-2-4(6)5(7)8;;;/h4H,2-3,6H2,1H3,(H,7,8);;;/t4-;;;/m0.../s1. The first-order valence-corrected chi connectivity index (χ1v) is 4.05. The summed E-state index contributed by atoms with van der Waals surface area (Å²) in [6.45, 7) is 0. The number of carboxylic acids is 1. The van der Waals surface area contributed by atoms with Crippen LogP contribution >= 0.6 is 11.8 Å². The van der Waals surface area contributed by atoms with Gasteiger partial charge < -0.3 is 10.8 Å². The van der Waals surface area contributed by atoms with E-state index in [-0.39, 0.29) is 27.3 Å². The average Bonchev–Trinajstić information content (AvgIpc) is 1.82. The van der Waals surface area contributed by atoms with Gasteiger partial charge in [-0.05, 0) is 18.4 Å². The number of hydrogen-bond acceptors (Lipinski definition) is 3. The Hall–Kier alpha value is 0.702. The normalized spacial score (nSPS) is 11.8. The number of hydrogen-bond donors (Lipinski definition) is 2. The molecule has 0 fully saturated rings. The molecule has 0 saturated carbocycles. The molecule has 10 heavy (non-hydrogen) atoms. The van der Waals surface area contributed by atoms with Gasteiger partial charge in [-0.25, -0.2) is 0 Å². The molecular formula is C5H13NO2PbS. The van der Waals surface area contributed by atoms with Crippen LogP contribution in [0, 0.1) is 0 Å². The van der Waals surface area contributed by atoms with Crippen LogP contribution in [0.3, 0.4) is 0 Å². The molecule has 0 aliphatic rings. The maximum absolute atomic E-state index is 10.1. The van der Waals surface area contributed by atoms with E-state index in [4.69, 9.17) is 10.8 Å². The summed E-state index contributed by atoms with van der Waals surface area (Å²) in [4.78, 5) is 10.1. The zero-order chi connectivity index (χ0) is 7.28. The summed E-state index contributed by atoms with van der Waals surface area (Å²) in [5.41, 5.74) is 5.19. The third-order valence-corrected chi connectivity index (χ3v) is 1.59. The second kappa shape index (κ2) is 7.81. The molecule has 0 bridgehead atoms.